The number of carbonyl (C=O) groups is 3. The van der Waals surface area contributed by atoms with Crippen molar-refractivity contribution in [3.63, 3.8) is 0 Å². The summed E-state index contributed by atoms with van der Waals surface area (Å²) in [4.78, 5) is 42.4. The summed E-state index contributed by atoms with van der Waals surface area (Å²) < 4.78 is 13.3. The first kappa shape index (κ1) is 20.7. The van der Waals surface area contributed by atoms with Gasteiger partial charge < -0.3 is 10.2 Å². The number of nitrogens with zero attached hydrogens (tertiary/aromatic N) is 2. The average Bonchev–Trinajstić information content (AvgIpc) is 3.54. The zero-order valence-corrected chi connectivity index (χ0v) is 18.0. The maximum atomic E-state index is 13.4. The number of urea groups is 1. The number of hydrogen-bond donors (Lipinski definition) is 1. The number of imide groups is 1. The van der Waals surface area contributed by atoms with Gasteiger partial charge in [-0.15, -0.1) is 0 Å². The molecule has 1 heterocycles. The zero-order valence-electron chi connectivity index (χ0n) is 18.0. The number of fused-ring (bicyclic) bond motifs is 2. The van der Waals surface area contributed by atoms with Crippen LogP contribution in [0.4, 0.5) is 9.18 Å². The minimum absolute atomic E-state index is 0.0190. The van der Waals surface area contributed by atoms with Gasteiger partial charge in [0, 0.05) is 12.6 Å². The third kappa shape index (κ3) is 3.45. The van der Waals surface area contributed by atoms with Crippen molar-refractivity contribution in [3.8, 4) is 0 Å². The van der Waals surface area contributed by atoms with Crippen molar-refractivity contribution < 1.29 is 18.8 Å². The molecule has 2 atom stereocenters. The Morgan fingerprint density at radius 1 is 1.19 bits per heavy atom. The fourth-order valence-corrected chi connectivity index (χ4v) is 5.04. The summed E-state index contributed by atoms with van der Waals surface area (Å²) in [5.41, 5.74) is 1.61. The molecule has 3 aliphatic rings. The smallest absolute Gasteiger partial charge is 0.325 e. The van der Waals surface area contributed by atoms with Crippen molar-refractivity contribution in [2.45, 2.75) is 50.7 Å². The number of benzene rings is 2. The number of amides is 4. The van der Waals surface area contributed by atoms with Crippen LogP contribution in [-0.4, -0.2) is 40.2 Å². The normalized spacial score (nSPS) is 22.8. The van der Waals surface area contributed by atoms with E-state index in [1.54, 1.807) is 17.0 Å². The van der Waals surface area contributed by atoms with E-state index in [-0.39, 0.29) is 30.2 Å². The fraction of sp³-hybridized carbons (Fsp3) is 0.400. The highest BCUT2D eigenvalue weighted by atomic mass is 19.1. The monoisotopic (exact) mass is 435 g/mol. The molecule has 1 spiro atoms. The third-order valence-electron chi connectivity index (χ3n) is 7.10. The van der Waals surface area contributed by atoms with Gasteiger partial charge in [-0.3, -0.25) is 14.5 Å². The van der Waals surface area contributed by atoms with Crippen LogP contribution in [0, 0.1) is 11.7 Å². The van der Waals surface area contributed by atoms with E-state index < -0.39 is 11.6 Å². The first-order chi connectivity index (χ1) is 15.4. The van der Waals surface area contributed by atoms with Gasteiger partial charge in [0.15, 0.2) is 0 Å². The number of nitrogens with one attached hydrogen (secondary N) is 1. The van der Waals surface area contributed by atoms with Gasteiger partial charge >= 0.3 is 6.03 Å². The number of halogens is 1. The molecule has 2 fully saturated rings. The molecule has 1 saturated carbocycles. The van der Waals surface area contributed by atoms with Crippen LogP contribution in [0.3, 0.4) is 0 Å². The second-order valence-electron chi connectivity index (χ2n) is 9.11. The van der Waals surface area contributed by atoms with Crippen molar-refractivity contribution in [2.24, 2.45) is 5.92 Å². The second kappa shape index (κ2) is 7.73. The van der Waals surface area contributed by atoms with E-state index in [0.717, 1.165) is 34.4 Å². The van der Waals surface area contributed by atoms with Crippen molar-refractivity contribution in [3.05, 3.63) is 71.0 Å². The molecule has 6 nitrogen and oxygen atoms in total. The minimum atomic E-state index is -1.07. The molecular weight excluding hydrogens is 409 g/mol. The van der Waals surface area contributed by atoms with Crippen LogP contribution in [0.2, 0.25) is 0 Å². The maximum absolute atomic E-state index is 13.4. The lowest BCUT2D eigenvalue weighted by molar-refractivity contribution is -0.141. The molecule has 4 amide bonds. The maximum Gasteiger partial charge on any atom is 0.325 e. The number of aryl methyl sites for hydroxylation is 1. The number of rotatable bonds is 6. The van der Waals surface area contributed by atoms with Gasteiger partial charge in [-0.2, -0.15) is 0 Å². The first-order valence-electron chi connectivity index (χ1n) is 11.2. The van der Waals surface area contributed by atoms with Crippen LogP contribution in [0.15, 0.2) is 48.5 Å². The molecule has 2 unspecified atom stereocenters. The average molecular weight is 435 g/mol. The lowest BCUT2D eigenvalue weighted by Crippen LogP contribution is -2.47. The molecule has 2 aromatic carbocycles. The highest BCUT2D eigenvalue weighted by Crippen LogP contribution is 2.41. The van der Waals surface area contributed by atoms with Crippen LogP contribution in [-0.2, 0) is 28.1 Å². The highest BCUT2D eigenvalue weighted by Gasteiger charge is 2.55. The van der Waals surface area contributed by atoms with Gasteiger partial charge in [0.2, 0.25) is 5.91 Å². The SMILES string of the molecule is CC(C1CC1)N(Cc1ccc(F)cc1)C(=O)CN1C(=O)NC2(CCc3ccccc32)C1=O. The first-order valence-corrected chi connectivity index (χ1v) is 11.2. The number of hydrogen-bond acceptors (Lipinski definition) is 3. The highest BCUT2D eigenvalue weighted by molar-refractivity contribution is 6.09. The Balaban J connectivity index is 1.37. The summed E-state index contributed by atoms with van der Waals surface area (Å²) in [6.45, 7) is 2.01. The van der Waals surface area contributed by atoms with Gasteiger partial charge in [0.25, 0.3) is 5.91 Å². The van der Waals surface area contributed by atoms with Crippen LogP contribution < -0.4 is 5.32 Å². The molecule has 0 radical (unpaired) electrons. The summed E-state index contributed by atoms with van der Waals surface area (Å²) in [5, 5.41) is 2.87. The van der Waals surface area contributed by atoms with E-state index in [1.807, 2.05) is 31.2 Å². The largest absolute Gasteiger partial charge is 0.334 e. The quantitative estimate of drug-likeness (QED) is 0.708. The molecule has 5 rings (SSSR count). The molecule has 1 saturated heterocycles. The Morgan fingerprint density at radius 3 is 2.62 bits per heavy atom. The van der Waals surface area contributed by atoms with Crippen molar-refractivity contribution in [1.82, 2.24) is 15.1 Å². The second-order valence-corrected chi connectivity index (χ2v) is 9.11. The Labute approximate surface area is 186 Å². The van der Waals surface area contributed by atoms with Gasteiger partial charge in [0.1, 0.15) is 17.9 Å². The van der Waals surface area contributed by atoms with E-state index in [4.69, 9.17) is 0 Å². The zero-order chi connectivity index (χ0) is 22.5. The van der Waals surface area contributed by atoms with Gasteiger partial charge in [-0.05, 0) is 67.3 Å². The molecule has 2 aromatic rings. The molecule has 166 valence electrons. The molecule has 0 bridgehead atoms. The Kier molecular flexibility index (Phi) is 4.99. The molecule has 7 heteroatoms. The summed E-state index contributed by atoms with van der Waals surface area (Å²) in [7, 11) is 0. The minimum Gasteiger partial charge on any atom is -0.334 e. The lowest BCUT2D eigenvalue weighted by atomic mass is 9.92. The molecular formula is C25H26FN3O3. The standard InChI is InChI=1S/C25H26FN3O3/c1-16(18-8-9-18)28(14-17-6-10-20(26)11-7-17)22(30)15-29-23(31)25(27-24(29)32)13-12-19-4-2-3-5-21(19)25/h2-7,10-11,16,18H,8-9,12-15H2,1H3,(H,27,32). The van der Waals surface area contributed by atoms with Gasteiger partial charge in [0.05, 0.1) is 0 Å². The van der Waals surface area contributed by atoms with Gasteiger partial charge in [-0.1, -0.05) is 36.4 Å². The summed E-state index contributed by atoms with van der Waals surface area (Å²) in [6, 6.07) is 13.2. The van der Waals surface area contributed by atoms with Crippen LogP contribution in [0.5, 0.6) is 0 Å². The van der Waals surface area contributed by atoms with Crippen LogP contribution in [0.1, 0.15) is 42.9 Å². The van der Waals surface area contributed by atoms with Gasteiger partial charge in [-0.25, -0.2) is 9.18 Å². The van der Waals surface area contributed by atoms with E-state index in [0.29, 0.717) is 25.3 Å². The van der Waals surface area contributed by atoms with Crippen LogP contribution >= 0.6 is 0 Å². The predicted molar refractivity (Wildman–Crippen MR) is 116 cm³/mol. The third-order valence-corrected chi connectivity index (χ3v) is 7.10. The summed E-state index contributed by atoms with van der Waals surface area (Å²) in [5.74, 6) is -0.555. The van der Waals surface area contributed by atoms with Crippen molar-refractivity contribution >= 4 is 17.8 Å². The van der Waals surface area contributed by atoms with E-state index >= 15 is 0 Å². The van der Waals surface area contributed by atoms with E-state index in [2.05, 4.69) is 5.32 Å². The van der Waals surface area contributed by atoms with E-state index in [9.17, 15) is 18.8 Å². The summed E-state index contributed by atoms with van der Waals surface area (Å²) >= 11 is 0. The van der Waals surface area contributed by atoms with Crippen molar-refractivity contribution in [1.29, 1.82) is 0 Å². The van der Waals surface area contributed by atoms with E-state index in [1.165, 1.54) is 12.1 Å². The molecule has 1 N–H and O–H groups in total. The molecule has 32 heavy (non-hydrogen) atoms. The topological polar surface area (TPSA) is 69.7 Å². The van der Waals surface area contributed by atoms with Crippen LogP contribution in [0.25, 0.3) is 0 Å². The molecule has 2 aliphatic carbocycles. The molecule has 0 aromatic heterocycles. The predicted octanol–water partition coefficient (Wildman–Crippen LogP) is 3.35. The summed E-state index contributed by atoms with van der Waals surface area (Å²) in [6.07, 6.45) is 3.31. The lowest BCUT2D eigenvalue weighted by Gasteiger charge is -2.31. The molecule has 1 aliphatic heterocycles. The fourth-order valence-electron chi connectivity index (χ4n) is 5.04. The Bertz CT molecular complexity index is 1080. The Morgan fingerprint density at radius 2 is 1.91 bits per heavy atom. The Hall–Kier alpha value is -3.22. The number of carbonyl (C=O) groups excluding carboxylic acids is 3. The van der Waals surface area contributed by atoms with Crippen molar-refractivity contribution in [2.75, 3.05) is 6.54 Å².